The number of aliphatic hydroxyl groups excluding tert-OH is 1. The summed E-state index contributed by atoms with van der Waals surface area (Å²) in [7, 11) is 0. The van der Waals surface area contributed by atoms with E-state index >= 15 is 0 Å². The number of allylic oxidation sites excluding steroid dienone is 1. The molecule has 1 aromatic rings. The Bertz CT molecular complexity index is 1190. The molecule has 2 saturated heterocycles. The lowest BCUT2D eigenvalue weighted by molar-refractivity contribution is -0.158. The minimum Gasteiger partial charge on any atom is -0.465 e. The van der Waals surface area contributed by atoms with Gasteiger partial charge < -0.3 is 24.4 Å². The molecule has 4 aliphatic rings. The van der Waals surface area contributed by atoms with Gasteiger partial charge in [0.05, 0.1) is 18.1 Å². The third-order valence-corrected chi connectivity index (χ3v) is 9.02. The quantitative estimate of drug-likeness (QED) is 0.313. The number of para-hydroxylation sites is 1. The number of fused-ring (bicyclic) bond motifs is 2. The lowest BCUT2D eigenvalue weighted by Gasteiger charge is -2.38. The third kappa shape index (κ3) is 4.79. The van der Waals surface area contributed by atoms with Gasteiger partial charge in [0.15, 0.2) is 0 Å². The van der Waals surface area contributed by atoms with Crippen LogP contribution in [0.2, 0.25) is 0 Å². The Balaban J connectivity index is 1.59. The van der Waals surface area contributed by atoms with Crippen molar-refractivity contribution in [3.05, 3.63) is 53.6 Å². The van der Waals surface area contributed by atoms with Gasteiger partial charge in [-0.3, -0.25) is 14.4 Å². The summed E-state index contributed by atoms with van der Waals surface area (Å²) >= 11 is 0. The van der Waals surface area contributed by atoms with Gasteiger partial charge in [0, 0.05) is 25.4 Å². The van der Waals surface area contributed by atoms with Crippen molar-refractivity contribution in [1.82, 2.24) is 4.90 Å². The van der Waals surface area contributed by atoms with Crippen molar-refractivity contribution in [3.63, 3.8) is 0 Å². The summed E-state index contributed by atoms with van der Waals surface area (Å²) in [4.78, 5) is 46.1. The smallest absolute Gasteiger partial charge is 0.313 e. The van der Waals surface area contributed by atoms with Crippen molar-refractivity contribution >= 4 is 23.5 Å². The number of carbonyl (C=O) groups is 3. The monoisotopic (exact) mass is 550 g/mol. The first-order chi connectivity index (χ1) is 19.2. The minimum absolute atomic E-state index is 0.133. The molecule has 0 radical (unpaired) electrons. The van der Waals surface area contributed by atoms with Crippen LogP contribution in [0.5, 0.6) is 0 Å². The molecular weight excluding hydrogens is 508 g/mol. The highest BCUT2D eigenvalue weighted by atomic mass is 16.6. The van der Waals surface area contributed by atoms with E-state index in [0.717, 1.165) is 48.9 Å². The average molecular weight is 551 g/mol. The molecule has 5 rings (SSSR count). The van der Waals surface area contributed by atoms with Crippen molar-refractivity contribution in [2.45, 2.75) is 83.0 Å². The van der Waals surface area contributed by atoms with Crippen LogP contribution < -0.4 is 4.90 Å². The fourth-order valence-corrected chi connectivity index (χ4v) is 7.22. The fraction of sp³-hybridized carbons (Fsp3) is 0.594. The molecule has 40 heavy (non-hydrogen) atoms. The van der Waals surface area contributed by atoms with Crippen molar-refractivity contribution in [2.75, 3.05) is 31.2 Å². The molecule has 0 aromatic heterocycles. The van der Waals surface area contributed by atoms with Crippen molar-refractivity contribution < 1.29 is 29.0 Å². The molecule has 0 saturated carbocycles. The molecule has 0 bridgehead atoms. The van der Waals surface area contributed by atoms with Gasteiger partial charge in [-0.1, -0.05) is 55.3 Å². The van der Waals surface area contributed by atoms with E-state index in [0.29, 0.717) is 32.5 Å². The largest absolute Gasteiger partial charge is 0.465 e. The first-order valence-corrected chi connectivity index (χ1v) is 14.8. The topological polar surface area (TPSA) is 96.4 Å². The summed E-state index contributed by atoms with van der Waals surface area (Å²) in [5.41, 5.74) is 0.429. The third-order valence-electron chi connectivity index (χ3n) is 9.02. The van der Waals surface area contributed by atoms with Crippen molar-refractivity contribution in [1.29, 1.82) is 0 Å². The van der Waals surface area contributed by atoms with E-state index in [2.05, 4.69) is 0 Å². The number of anilines is 1. The molecule has 8 heteroatoms. The van der Waals surface area contributed by atoms with Gasteiger partial charge in [-0.15, -0.1) is 0 Å². The first-order valence-electron chi connectivity index (χ1n) is 14.8. The molecule has 2 fully saturated rings. The molecule has 5 atom stereocenters. The summed E-state index contributed by atoms with van der Waals surface area (Å²) in [6.07, 6.45) is 13.3. The number of nitrogens with zero attached hydrogens (tertiary/aromatic N) is 2. The number of aryl methyl sites for hydroxylation is 2. The van der Waals surface area contributed by atoms with Crippen LogP contribution in [0.15, 0.2) is 42.5 Å². The zero-order valence-corrected chi connectivity index (χ0v) is 23.9. The van der Waals surface area contributed by atoms with Gasteiger partial charge in [-0.25, -0.2) is 0 Å². The number of ether oxygens (including phenoxy) is 2. The Labute approximate surface area is 237 Å². The maximum absolute atomic E-state index is 14.6. The molecular formula is C32H42N2O6. The second-order valence-electron chi connectivity index (χ2n) is 11.8. The van der Waals surface area contributed by atoms with Gasteiger partial charge in [0.25, 0.3) is 5.91 Å². The lowest BCUT2D eigenvalue weighted by atomic mass is 9.74. The summed E-state index contributed by atoms with van der Waals surface area (Å²) < 4.78 is 12.6. The van der Waals surface area contributed by atoms with Gasteiger partial charge in [0.2, 0.25) is 5.91 Å². The standard InChI is InChI=1S/C32H42N2O6/c1-22-14-12-15-23(2)26(22)33-19-13-17-32-24(25-30(38)39-21-11-7-4-8-16-31(25,3)40-32)28(36)34(27(32)29(33)37)18-9-5-6-10-20-35/h8,12-17,24-25,27,35H,4-7,9-11,18-21H2,1-3H3/b16-8-/t24-,25-,27?,31+,32-/m0/s1. The number of cyclic esters (lactones) is 1. The SMILES string of the molecule is Cc1cccc(C)c1N1CC=C[C@]23O[C@]4(C)/C=C\CCCCOC(=O)[C@@H]4[C@H]2C(=O)N(CCCCCCO)C3C1=O. The molecule has 2 amide bonds. The number of esters is 1. The van der Waals surface area contributed by atoms with Gasteiger partial charge in [-0.05, 0) is 64.0 Å². The summed E-state index contributed by atoms with van der Waals surface area (Å²) in [6, 6.07) is 5.05. The molecule has 1 unspecified atom stereocenters. The second-order valence-corrected chi connectivity index (χ2v) is 11.8. The van der Waals surface area contributed by atoms with E-state index in [1.54, 1.807) is 9.80 Å². The number of aliphatic hydroxyl groups is 1. The number of likely N-dealkylation sites (tertiary alicyclic amines) is 1. The fourth-order valence-electron chi connectivity index (χ4n) is 7.22. The highest BCUT2D eigenvalue weighted by Gasteiger charge is 2.74. The van der Waals surface area contributed by atoms with E-state index < -0.39 is 35.0 Å². The summed E-state index contributed by atoms with van der Waals surface area (Å²) in [5.74, 6) is -2.59. The maximum atomic E-state index is 14.6. The zero-order chi connectivity index (χ0) is 28.5. The number of unbranched alkanes of at least 4 members (excludes halogenated alkanes) is 3. The Morgan fingerprint density at radius 3 is 2.45 bits per heavy atom. The number of benzene rings is 1. The number of carbonyl (C=O) groups excluding carboxylic acids is 3. The normalized spacial score (nSPS) is 32.8. The Morgan fingerprint density at radius 1 is 0.950 bits per heavy atom. The molecule has 1 N–H and O–H groups in total. The van der Waals surface area contributed by atoms with Crippen LogP contribution in [0.25, 0.3) is 0 Å². The van der Waals surface area contributed by atoms with Crippen LogP contribution in [0, 0.1) is 25.7 Å². The Hall–Kier alpha value is -2.97. The molecule has 1 aromatic carbocycles. The summed E-state index contributed by atoms with van der Waals surface area (Å²) in [6.45, 7) is 6.99. The van der Waals surface area contributed by atoms with Crippen LogP contribution in [-0.4, -0.2) is 71.3 Å². The van der Waals surface area contributed by atoms with Crippen LogP contribution >= 0.6 is 0 Å². The highest BCUT2D eigenvalue weighted by Crippen LogP contribution is 2.57. The van der Waals surface area contributed by atoms with Crippen LogP contribution in [0.3, 0.4) is 0 Å². The van der Waals surface area contributed by atoms with Crippen LogP contribution in [0.1, 0.15) is 63.0 Å². The van der Waals surface area contributed by atoms with Gasteiger partial charge in [-0.2, -0.15) is 0 Å². The van der Waals surface area contributed by atoms with E-state index in [1.807, 2.05) is 63.3 Å². The lowest BCUT2D eigenvalue weighted by Crippen LogP contribution is -2.56. The van der Waals surface area contributed by atoms with Crippen LogP contribution in [-0.2, 0) is 23.9 Å². The first kappa shape index (κ1) is 28.6. The van der Waals surface area contributed by atoms with E-state index in [4.69, 9.17) is 9.47 Å². The van der Waals surface area contributed by atoms with E-state index in [9.17, 15) is 19.5 Å². The highest BCUT2D eigenvalue weighted by molar-refractivity contribution is 6.06. The molecule has 0 aliphatic carbocycles. The molecule has 8 nitrogen and oxygen atoms in total. The van der Waals surface area contributed by atoms with Gasteiger partial charge in [0.1, 0.15) is 17.6 Å². The molecule has 216 valence electrons. The van der Waals surface area contributed by atoms with Gasteiger partial charge >= 0.3 is 5.97 Å². The number of rotatable bonds is 7. The number of hydrogen-bond acceptors (Lipinski definition) is 6. The predicted molar refractivity (Wildman–Crippen MR) is 152 cm³/mol. The Morgan fingerprint density at radius 2 is 1.70 bits per heavy atom. The van der Waals surface area contributed by atoms with Crippen molar-refractivity contribution in [2.24, 2.45) is 11.8 Å². The number of amides is 2. The number of hydrogen-bond donors (Lipinski definition) is 1. The molecule has 4 heterocycles. The van der Waals surface area contributed by atoms with E-state index in [-0.39, 0.29) is 18.4 Å². The maximum Gasteiger partial charge on any atom is 0.313 e. The minimum atomic E-state index is -1.29. The second kappa shape index (κ2) is 11.5. The Kier molecular flexibility index (Phi) is 8.20. The zero-order valence-electron chi connectivity index (χ0n) is 23.9. The molecule has 4 aliphatic heterocycles. The van der Waals surface area contributed by atoms with Crippen molar-refractivity contribution in [3.8, 4) is 0 Å². The summed E-state index contributed by atoms with van der Waals surface area (Å²) in [5, 5.41) is 9.18. The van der Waals surface area contributed by atoms with Crippen LogP contribution in [0.4, 0.5) is 5.69 Å². The predicted octanol–water partition coefficient (Wildman–Crippen LogP) is 4.01. The molecule has 1 spiro atoms. The van der Waals surface area contributed by atoms with E-state index in [1.165, 1.54) is 0 Å². The average Bonchev–Trinajstić information content (AvgIpc) is 3.24.